The monoisotopic (exact) mass is 495 g/mol. The Balaban J connectivity index is 1.42. The minimum Gasteiger partial charge on any atom is -0.493 e. The van der Waals surface area contributed by atoms with Gasteiger partial charge in [0.1, 0.15) is 17.1 Å². The number of β-amino-alcohol motifs (C(OH)–C–C–N with tert-alkyl or cyclic N) is 1. The Kier molecular flexibility index (Phi) is 8.53. The first-order valence-corrected chi connectivity index (χ1v) is 11.6. The van der Waals surface area contributed by atoms with Crippen LogP contribution < -0.4 is 9.47 Å². The molecule has 0 aromatic heterocycles. The molecule has 0 radical (unpaired) electrons. The van der Waals surface area contributed by atoms with Crippen molar-refractivity contribution in [1.82, 2.24) is 4.90 Å². The normalized spacial score (nSPS) is 18.8. The molecule has 2 aromatic rings. The van der Waals surface area contributed by atoms with E-state index in [9.17, 15) is 23.1 Å². The molecule has 35 heavy (non-hydrogen) atoms. The van der Waals surface area contributed by atoms with Crippen LogP contribution in [0, 0.1) is 0 Å². The Bertz CT molecular complexity index is 972. The lowest BCUT2D eigenvalue weighted by Gasteiger charge is -2.36. The first kappa shape index (κ1) is 26.7. The van der Waals surface area contributed by atoms with Gasteiger partial charge in [-0.1, -0.05) is 18.2 Å². The van der Waals surface area contributed by atoms with Gasteiger partial charge in [0.2, 0.25) is 0 Å². The fraction of sp³-hybridized carbons (Fsp3) is 0.500. The van der Waals surface area contributed by atoms with Gasteiger partial charge in [-0.3, -0.25) is 0 Å². The van der Waals surface area contributed by atoms with Crippen LogP contribution in [0.25, 0.3) is 0 Å². The van der Waals surface area contributed by atoms with Crippen molar-refractivity contribution in [3.8, 4) is 11.5 Å². The molecule has 0 aliphatic carbocycles. The van der Waals surface area contributed by atoms with E-state index in [1.807, 2.05) is 24.3 Å². The number of rotatable bonds is 7. The number of carbonyl (C=O) groups is 1. The maximum atomic E-state index is 12.8. The number of piperidine rings is 1. The summed E-state index contributed by atoms with van der Waals surface area (Å²) < 4.78 is 54.8. The van der Waals surface area contributed by atoms with E-state index in [4.69, 9.17) is 14.2 Å². The Morgan fingerprint density at radius 1 is 1.03 bits per heavy atom. The second kappa shape index (κ2) is 11.2. The molecule has 2 aromatic carbocycles. The molecule has 1 aliphatic rings. The molecule has 192 valence electrons. The Morgan fingerprint density at radius 3 is 2.29 bits per heavy atom. The summed E-state index contributed by atoms with van der Waals surface area (Å²) in [5.74, 6) is 0.720. The fourth-order valence-electron chi connectivity index (χ4n) is 3.83. The molecular weight excluding hydrogens is 463 g/mol. The fourth-order valence-corrected chi connectivity index (χ4v) is 3.83. The highest BCUT2D eigenvalue weighted by Crippen LogP contribution is 2.32. The van der Waals surface area contributed by atoms with Crippen LogP contribution in [0.15, 0.2) is 48.5 Å². The maximum Gasteiger partial charge on any atom is 0.416 e. The third-order valence-electron chi connectivity index (χ3n) is 5.53. The molecule has 1 amide bonds. The summed E-state index contributed by atoms with van der Waals surface area (Å²) in [5.41, 5.74) is -0.368. The van der Waals surface area contributed by atoms with Gasteiger partial charge in [-0.2, -0.15) is 13.2 Å². The molecule has 3 rings (SSSR count). The zero-order chi connectivity index (χ0) is 25.6. The molecule has 1 saturated heterocycles. The first-order valence-electron chi connectivity index (χ1n) is 11.6. The van der Waals surface area contributed by atoms with Gasteiger partial charge in [-0.15, -0.1) is 0 Å². The zero-order valence-corrected chi connectivity index (χ0v) is 20.2. The van der Waals surface area contributed by atoms with E-state index in [1.165, 1.54) is 17.0 Å². The van der Waals surface area contributed by atoms with Gasteiger partial charge in [0.05, 0.1) is 31.4 Å². The second-order valence-electron chi connectivity index (χ2n) is 9.53. The SMILES string of the molecule is CC(C)(C)OC(=O)N1CCC(c2ccc(OCCCOc3cccc(C(F)(F)F)c3)cc2)C(O)C1. The van der Waals surface area contributed by atoms with Gasteiger partial charge >= 0.3 is 12.3 Å². The number of likely N-dealkylation sites (tertiary alicyclic amines) is 1. The number of aliphatic hydroxyl groups excluding tert-OH is 1. The van der Waals surface area contributed by atoms with E-state index in [0.717, 1.165) is 17.7 Å². The third kappa shape index (κ3) is 8.06. The largest absolute Gasteiger partial charge is 0.493 e. The molecule has 0 spiro atoms. The summed E-state index contributed by atoms with van der Waals surface area (Å²) in [7, 11) is 0. The van der Waals surface area contributed by atoms with E-state index in [-0.39, 0.29) is 24.8 Å². The molecule has 0 bridgehead atoms. The van der Waals surface area contributed by atoms with Crippen LogP contribution in [0.1, 0.15) is 50.7 Å². The van der Waals surface area contributed by atoms with Crippen molar-refractivity contribution >= 4 is 6.09 Å². The van der Waals surface area contributed by atoms with Crippen molar-refractivity contribution < 1.29 is 37.3 Å². The van der Waals surface area contributed by atoms with Gasteiger partial charge in [-0.25, -0.2) is 4.79 Å². The molecule has 1 fully saturated rings. The summed E-state index contributed by atoms with van der Waals surface area (Å²) in [5, 5.41) is 10.6. The quantitative estimate of drug-likeness (QED) is 0.504. The molecule has 9 heteroatoms. The minimum atomic E-state index is -4.40. The summed E-state index contributed by atoms with van der Waals surface area (Å²) >= 11 is 0. The molecule has 1 heterocycles. The van der Waals surface area contributed by atoms with Crippen LogP contribution in [0.5, 0.6) is 11.5 Å². The minimum absolute atomic E-state index is 0.0939. The Morgan fingerprint density at radius 2 is 1.69 bits per heavy atom. The van der Waals surface area contributed by atoms with Gasteiger partial charge in [0.15, 0.2) is 0 Å². The number of aliphatic hydroxyl groups is 1. The lowest BCUT2D eigenvalue weighted by Crippen LogP contribution is -2.47. The van der Waals surface area contributed by atoms with Crippen LogP contribution in [0.4, 0.5) is 18.0 Å². The maximum absolute atomic E-state index is 12.8. The van der Waals surface area contributed by atoms with Gasteiger partial charge in [0.25, 0.3) is 0 Å². The second-order valence-corrected chi connectivity index (χ2v) is 9.53. The van der Waals surface area contributed by atoms with Crippen molar-refractivity contribution in [3.63, 3.8) is 0 Å². The van der Waals surface area contributed by atoms with Gasteiger partial charge in [-0.05, 0) is 63.1 Å². The molecule has 0 saturated carbocycles. The van der Waals surface area contributed by atoms with Gasteiger partial charge in [0, 0.05) is 18.9 Å². The van der Waals surface area contributed by atoms with Crippen LogP contribution in [-0.4, -0.2) is 54.1 Å². The average molecular weight is 496 g/mol. The zero-order valence-electron chi connectivity index (χ0n) is 20.2. The van der Waals surface area contributed by atoms with E-state index in [0.29, 0.717) is 31.7 Å². The van der Waals surface area contributed by atoms with Crippen molar-refractivity contribution in [1.29, 1.82) is 0 Å². The van der Waals surface area contributed by atoms with Crippen molar-refractivity contribution in [2.45, 2.75) is 57.4 Å². The Hall–Kier alpha value is -2.94. The number of amides is 1. The van der Waals surface area contributed by atoms with Crippen LogP contribution in [0.3, 0.4) is 0 Å². The standard InChI is InChI=1S/C26H32F3NO5/c1-25(2,3)35-24(32)30-13-12-22(23(31)17-30)18-8-10-20(11-9-18)33-14-5-15-34-21-7-4-6-19(16-21)26(27,28)29/h4,6-11,16,22-23,31H,5,12-15,17H2,1-3H3. The van der Waals surface area contributed by atoms with Crippen molar-refractivity contribution in [2.24, 2.45) is 0 Å². The highest BCUT2D eigenvalue weighted by molar-refractivity contribution is 5.68. The van der Waals surface area contributed by atoms with E-state index in [2.05, 4.69) is 0 Å². The predicted molar refractivity (Wildman–Crippen MR) is 125 cm³/mol. The summed E-state index contributed by atoms with van der Waals surface area (Å²) in [6.07, 6.45) is -4.40. The van der Waals surface area contributed by atoms with Gasteiger partial charge < -0.3 is 24.2 Å². The smallest absolute Gasteiger partial charge is 0.416 e. The number of hydrogen-bond donors (Lipinski definition) is 1. The Labute approximate surface area is 203 Å². The highest BCUT2D eigenvalue weighted by atomic mass is 19.4. The van der Waals surface area contributed by atoms with Crippen molar-refractivity contribution in [3.05, 3.63) is 59.7 Å². The summed E-state index contributed by atoms with van der Waals surface area (Å²) in [6.45, 7) is 6.70. The summed E-state index contributed by atoms with van der Waals surface area (Å²) in [4.78, 5) is 13.8. The van der Waals surface area contributed by atoms with E-state index >= 15 is 0 Å². The van der Waals surface area contributed by atoms with E-state index in [1.54, 1.807) is 20.8 Å². The molecule has 2 atom stereocenters. The van der Waals surface area contributed by atoms with E-state index < -0.39 is 29.5 Å². The van der Waals surface area contributed by atoms with Crippen LogP contribution in [0.2, 0.25) is 0 Å². The number of hydrogen-bond acceptors (Lipinski definition) is 5. The lowest BCUT2D eigenvalue weighted by atomic mass is 9.87. The highest BCUT2D eigenvalue weighted by Gasteiger charge is 2.33. The number of alkyl halides is 3. The number of halogens is 3. The van der Waals surface area contributed by atoms with Crippen LogP contribution >= 0.6 is 0 Å². The number of carbonyl (C=O) groups excluding carboxylic acids is 1. The molecule has 1 N–H and O–H groups in total. The average Bonchev–Trinajstić information content (AvgIpc) is 2.78. The molecular formula is C26H32F3NO5. The molecule has 2 unspecified atom stereocenters. The van der Waals surface area contributed by atoms with Crippen molar-refractivity contribution in [2.75, 3.05) is 26.3 Å². The first-order chi connectivity index (χ1) is 16.4. The number of ether oxygens (including phenoxy) is 3. The summed E-state index contributed by atoms with van der Waals surface area (Å²) in [6, 6.07) is 12.2. The third-order valence-corrected chi connectivity index (χ3v) is 5.53. The molecule has 6 nitrogen and oxygen atoms in total. The number of nitrogens with zero attached hydrogens (tertiary/aromatic N) is 1. The topological polar surface area (TPSA) is 68.2 Å². The van der Waals surface area contributed by atoms with Crippen LogP contribution in [-0.2, 0) is 10.9 Å². The molecule has 1 aliphatic heterocycles. The number of benzene rings is 2. The predicted octanol–water partition coefficient (Wildman–Crippen LogP) is 5.64. The lowest BCUT2D eigenvalue weighted by molar-refractivity contribution is -0.137.